The molecule has 0 saturated carbocycles. The van der Waals surface area contributed by atoms with Crippen LogP contribution in [0.3, 0.4) is 0 Å². The molecule has 0 aromatic heterocycles. The van der Waals surface area contributed by atoms with Crippen molar-refractivity contribution in [3.8, 4) is 0 Å². The van der Waals surface area contributed by atoms with Crippen LogP contribution in [0.15, 0.2) is 72.9 Å². The average molecular weight is 836 g/mol. The van der Waals surface area contributed by atoms with Crippen molar-refractivity contribution >= 4 is 19.8 Å². The molecule has 0 radical (unpaired) electrons. The number of carbonyl (C=O) groups excluding carboxylic acids is 1. The summed E-state index contributed by atoms with van der Waals surface area (Å²) in [5.74, 6) is -1.80. The highest BCUT2D eigenvalue weighted by Gasteiger charge is 2.27. The molecule has 0 heterocycles. The number of allylic oxidation sites excluding steroid dienone is 12. The molecule has 0 spiro atoms. The summed E-state index contributed by atoms with van der Waals surface area (Å²) in [5.41, 5.74) is 5.35. The number of hydrogen-bond acceptors (Lipinski definition) is 8. The maximum Gasteiger partial charge on any atom is 0.472 e. The monoisotopic (exact) mass is 836 g/mol. The van der Waals surface area contributed by atoms with Crippen LogP contribution in [0.2, 0.25) is 0 Å². The van der Waals surface area contributed by atoms with E-state index in [2.05, 4.69) is 86.8 Å². The third-order valence-corrected chi connectivity index (χ3v) is 10.2. The SMILES string of the molecule is CC/C=C\C/C=C\C/C=C\C/C=C\C/C=C\C/C=C\CCCCCOCC(COP(=O)(O)OCC(N)C(=O)O)OC(=O)CCCCCCCCCCCCCCCC. The van der Waals surface area contributed by atoms with Crippen molar-refractivity contribution in [2.75, 3.05) is 26.4 Å². The lowest BCUT2D eigenvalue weighted by Gasteiger charge is -2.20. The van der Waals surface area contributed by atoms with E-state index in [0.29, 0.717) is 13.0 Å². The number of hydrogen-bond donors (Lipinski definition) is 3. The Labute approximate surface area is 353 Å². The van der Waals surface area contributed by atoms with Crippen LogP contribution in [0, 0.1) is 0 Å². The molecule has 0 aliphatic heterocycles. The minimum atomic E-state index is -4.63. The Balaban J connectivity index is 4.29. The molecule has 0 aliphatic carbocycles. The first kappa shape index (κ1) is 55.4. The van der Waals surface area contributed by atoms with E-state index in [0.717, 1.165) is 83.5 Å². The van der Waals surface area contributed by atoms with Crippen LogP contribution in [0.5, 0.6) is 0 Å². The average Bonchev–Trinajstić information content (AvgIpc) is 3.20. The number of rotatable bonds is 42. The summed E-state index contributed by atoms with van der Waals surface area (Å²) >= 11 is 0. The second-order valence-electron chi connectivity index (χ2n) is 14.8. The fourth-order valence-corrected chi connectivity index (χ4v) is 6.56. The van der Waals surface area contributed by atoms with Gasteiger partial charge in [0, 0.05) is 13.0 Å². The molecule has 0 amide bonds. The number of phosphoric ester groups is 1. The molecule has 0 aromatic carbocycles. The fourth-order valence-electron chi connectivity index (χ4n) is 5.78. The molecule has 11 heteroatoms. The second kappa shape index (κ2) is 42.5. The molecule has 0 fully saturated rings. The summed E-state index contributed by atoms with van der Waals surface area (Å²) < 4.78 is 33.3. The maximum atomic E-state index is 12.6. The largest absolute Gasteiger partial charge is 0.480 e. The highest BCUT2D eigenvalue weighted by atomic mass is 31.2. The first-order valence-electron chi connectivity index (χ1n) is 22.5. The van der Waals surface area contributed by atoms with E-state index in [4.69, 9.17) is 29.4 Å². The van der Waals surface area contributed by atoms with Gasteiger partial charge in [0.1, 0.15) is 12.1 Å². The van der Waals surface area contributed by atoms with Gasteiger partial charge in [-0.25, -0.2) is 4.57 Å². The van der Waals surface area contributed by atoms with Gasteiger partial charge >= 0.3 is 19.8 Å². The van der Waals surface area contributed by atoms with Crippen LogP contribution in [-0.4, -0.2) is 60.5 Å². The van der Waals surface area contributed by atoms with Crippen molar-refractivity contribution < 1.29 is 42.7 Å². The lowest BCUT2D eigenvalue weighted by molar-refractivity contribution is -0.154. The van der Waals surface area contributed by atoms with Crippen LogP contribution >= 0.6 is 7.82 Å². The zero-order valence-electron chi connectivity index (χ0n) is 36.4. The number of phosphoric acid groups is 1. The third kappa shape index (κ3) is 41.6. The molecular formula is C47H82NO9P. The minimum absolute atomic E-state index is 0.00767. The topological polar surface area (TPSA) is 155 Å². The quantitative estimate of drug-likeness (QED) is 0.0234. The number of carboxylic acid groups (broad SMARTS) is 1. The molecule has 0 aliphatic rings. The normalized spacial score (nSPS) is 14.6. The number of esters is 1. The first-order chi connectivity index (χ1) is 28.2. The Bertz CT molecular complexity index is 1200. The molecule has 0 saturated heterocycles. The van der Waals surface area contributed by atoms with Crippen molar-refractivity contribution in [3.63, 3.8) is 0 Å². The first-order valence-corrected chi connectivity index (χ1v) is 24.0. The Hall–Kier alpha value is -2.59. The summed E-state index contributed by atoms with van der Waals surface area (Å²) in [6, 6.07) is -1.48. The highest BCUT2D eigenvalue weighted by molar-refractivity contribution is 7.47. The number of nitrogens with two attached hydrogens (primary N) is 1. The zero-order valence-corrected chi connectivity index (χ0v) is 37.3. The van der Waals surface area contributed by atoms with Crippen LogP contribution in [0.25, 0.3) is 0 Å². The molecule has 0 bridgehead atoms. The van der Waals surface area contributed by atoms with E-state index in [1.165, 1.54) is 64.2 Å². The van der Waals surface area contributed by atoms with E-state index in [9.17, 15) is 19.0 Å². The van der Waals surface area contributed by atoms with E-state index in [1.54, 1.807) is 0 Å². The number of carbonyl (C=O) groups is 2. The van der Waals surface area contributed by atoms with Crippen LogP contribution in [0.1, 0.15) is 174 Å². The standard InChI is InChI=1S/C47H82NO9P/c1-3-5-7-9-11-13-15-17-19-20-21-22-23-24-25-26-28-30-32-34-36-38-40-54-41-44(42-55-58(52,53)56-43-45(48)47(50)51)57-46(49)39-37-35-33-31-29-27-18-16-14-12-10-8-6-4-2/h5,7,11,13,17,19,21-22,24-25,28,30,44-45H,3-4,6,8-10,12,14-16,18,20,23,26-27,29,31-43,48H2,1-2H3,(H,50,51)(H,52,53)/b7-5-,13-11-,19-17-,22-21-,25-24-,30-28-. The lowest BCUT2D eigenvalue weighted by Crippen LogP contribution is -2.34. The number of aliphatic carboxylic acids is 1. The summed E-state index contributed by atoms with van der Waals surface area (Å²) in [6.07, 6.45) is 52.4. The summed E-state index contributed by atoms with van der Waals surface area (Å²) in [5, 5.41) is 8.90. The molecule has 4 N–H and O–H groups in total. The highest BCUT2D eigenvalue weighted by Crippen LogP contribution is 2.43. The predicted molar refractivity (Wildman–Crippen MR) is 240 cm³/mol. The molecular weight excluding hydrogens is 753 g/mol. The van der Waals surface area contributed by atoms with Gasteiger partial charge in [0.05, 0.1) is 19.8 Å². The second-order valence-corrected chi connectivity index (χ2v) is 16.3. The Kier molecular flexibility index (Phi) is 40.6. The van der Waals surface area contributed by atoms with Gasteiger partial charge in [-0.15, -0.1) is 0 Å². The fraction of sp³-hybridized carbons (Fsp3) is 0.702. The van der Waals surface area contributed by atoms with Crippen LogP contribution in [-0.2, 0) is 32.7 Å². The van der Waals surface area contributed by atoms with Crippen molar-refractivity contribution in [3.05, 3.63) is 72.9 Å². The molecule has 3 atom stereocenters. The van der Waals surface area contributed by atoms with Gasteiger partial charge in [0.15, 0.2) is 0 Å². The van der Waals surface area contributed by atoms with Gasteiger partial charge in [0.25, 0.3) is 0 Å². The van der Waals surface area contributed by atoms with Crippen LogP contribution < -0.4 is 5.73 Å². The van der Waals surface area contributed by atoms with Gasteiger partial charge in [-0.05, 0) is 64.2 Å². The van der Waals surface area contributed by atoms with E-state index in [-0.39, 0.29) is 13.0 Å². The molecule has 3 unspecified atom stereocenters. The Morgan fingerprint density at radius 3 is 1.48 bits per heavy atom. The predicted octanol–water partition coefficient (Wildman–Crippen LogP) is 12.6. The minimum Gasteiger partial charge on any atom is -0.480 e. The zero-order chi connectivity index (χ0) is 42.6. The number of unbranched alkanes of at least 4 members (excludes halogenated alkanes) is 16. The third-order valence-electron chi connectivity index (χ3n) is 9.25. The lowest BCUT2D eigenvalue weighted by atomic mass is 10.0. The molecule has 0 rings (SSSR count). The van der Waals surface area contributed by atoms with Crippen molar-refractivity contribution in [1.29, 1.82) is 0 Å². The molecule has 58 heavy (non-hydrogen) atoms. The molecule has 0 aromatic rings. The summed E-state index contributed by atoms with van der Waals surface area (Å²) in [6.45, 7) is 3.68. The van der Waals surface area contributed by atoms with E-state index >= 15 is 0 Å². The maximum absolute atomic E-state index is 12.6. The van der Waals surface area contributed by atoms with Gasteiger partial charge < -0.3 is 25.2 Å². The number of ether oxygens (including phenoxy) is 2. The van der Waals surface area contributed by atoms with Gasteiger partial charge in [-0.3, -0.25) is 18.6 Å². The van der Waals surface area contributed by atoms with Crippen molar-refractivity contribution in [1.82, 2.24) is 0 Å². The van der Waals surface area contributed by atoms with Crippen LogP contribution in [0.4, 0.5) is 0 Å². The smallest absolute Gasteiger partial charge is 0.472 e. The van der Waals surface area contributed by atoms with E-state index < -0.39 is 45.1 Å². The van der Waals surface area contributed by atoms with Gasteiger partial charge in [-0.2, -0.15) is 0 Å². The Morgan fingerprint density at radius 2 is 1.00 bits per heavy atom. The molecule has 10 nitrogen and oxygen atoms in total. The van der Waals surface area contributed by atoms with Gasteiger partial charge in [-0.1, -0.05) is 177 Å². The summed E-state index contributed by atoms with van der Waals surface area (Å²) in [7, 11) is -4.63. The number of carboxylic acids is 1. The van der Waals surface area contributed by atoms with Crippen molar-refractivity contribution in [2.24, 2.45) is 5.73 Å². The summed E-state index contributed by atoms with van der Waals surface area (Å²) in [4.78, 5) is 33.5. The van der Waals surface area contributed by atoms with E-state index in [1.807, 2.05) is 0 Å². The van der Waals surface area contributed by atoms with Gasteiger partial charge in [0.2, 0.25) is 0 Å². The Morgan fingerprint density at radius 1 is 0.569 bits per heavy atom. The molecule has 334 valence electrons. The van der Waals surface area contributed by atoms with Crippen molar-refractivity contribution in [2.45, 2.75) is 187 Å².